The van der Waals surface area contributed by atoms with Crippen LogP contribution in [0, 0.1) is 0 Å². The Bertz CT molecular complexity index is 347. The molecule has 0 fully saturated rings. The van der Waals surface area contributed by atoms with E-state index < -0.39 is 0 Å². The molecule has 1 heterocycles. The van der Waals surface area contributed by atoms with E-state index in [0.717, 1.165) is 35.9 Å². The van der Waals surface area contributed by atoms with Gasteiger partial charge in [0.15, 0.2) is 0 Å². The molecule has 16 heavy (non-hydrogen) atoms. The van der Waals surface area contributed by atoms with Crippen LogP contribution >= 0.6 is 23.2 Å². The Balaban J connectivity index is 2.76. The van der Waals surface area contributed by atoms with Crippen LogP contribution in [-0.4, -0.2) is 33.6 Å². The highest BCUT2D eigenvalue weighted by Gasteiger charge is 2.15. The zero-order valence-electron chi connectivity index (χ0n) is 10.3. The molecule has 1 atom stereocenters. The Kier molecular flexibility index (Phi) is 5.09. The van der Waals surface area contributed by atoms with Crippen molar-refractivity contribution in [1.29, 1.82) is 0 Å². The second kappa shape index (κ2) is 5.89. The number of nitrogens with zero attached hydrogens (tertiary/aromatic N) is 3. The maximum atomic E-state index is 6.27. The van der Waals surface area contributed by atoms with Crippen LogP contribution in [-0.2, 0) is 20.0 Å². The lowest BCUT2D eigenvalue weighted by molar-refractivity contribution is 0.320. The average Bonchev–Trinajstić information content (AvgIpc) is 2.44. The van der Waals surface area contributed by atoms with Gasteiger partial charge in [-0.15, -0.1) is 11.6 Å². The molecule has 0 radical (unpaired) electrons. The van der Waals surface area contributed by atoms with Gasteiger partial charge in [0.25, 0.3) is 0 Å². The summed E-state index contributed by atoms with van der Waals surface area (Å²) in [6.45, 7) is 5.66. The van der Waals surface area contributed by atoms with Crippen LogP contribution in [0.1, 0.15) is 25.2 Å². The van der Waals surface area contributed by atoms with Crippen LogP contribution in [0.2, 0.25) is 5.02 Å². The van der Waals surface area contributed by atoms with E-state index in [2.05, 4.69) is 16.9 Å². The van der Waals surface area contributed by atoms with Gasteiger partial charge in [-0.1, -0.05) is 18.5 Å². The lowest BCUT2D eigenvalue weighted by Crippen LogP contribution is -2.25. The molecule has 1 unspecified atom stereocenters. The Morgan fingerprint density at radius 3 is 2.56 bits per heavy atom. The van der Waals surface area contributed by atoms with Crippen molar-refractivity contribution in [2.45, 2.75) is 32.2 Å². The maximum Gasteiger partial charge on any atom is 0.0863 e. The van der Waals surface area contributed by atoms with Gasteiger partial charge in [-0.3, -0.25) is 9.58 Å². The molecule has 5 heteroatoms. The average molecular weight is 264 g/mol. The summed E-state index contributed by atoms with van der Waals surface area (Å²) in [5.74, 6) is 0. The first kappa shape index (κ1) is 13.8. The third-order valence-electron chi connectivity index (χ3n) is 2.49. The molecular formula is C11H19Cl2N3. The number of hydrogen-bond acceptors (Lipinski definition) is 2. The number of aromatic nitrogens is 2. The number of halogens is 2. The van der Waals surface area contributed by atoms with Crippen molar-refractivity contribution >= 4 is 23.2 Å². The van der Waals surface area contributed by atoms with Gasteiger partial charge in [0.05, 0.1) is 16.4 Å². The second-order valence-corrected chi connectivity index (χ2v) is 5.29. The molecule has 0 amide bonds. The molecule has 0 N–H and O–H groups in total. The zero-order valence-corrected chi connectivity index (χ0v) is 11.8. The highest BCUT2D eigenvalue weighted by Crippen LogP contribution is 2.21. The molecule has 1 aromatic rings. The molecule has 0 saturated carbocycles. The van der Waals surface area contributed by atoms with E-state index in [1.165, 1.54) is 0 Å². The van der Waals surface area contributed by atoms with Crippen molar-refractivity contribution < 1.29 is 0 Å². The van der Waals surface area contributed by atoms with Gasteiger partial charge in [-0.05, 0) is 20.4 Å². The lowest BCUT2D eigenvalue weighted by atomic mass is 10.3. The minimum Gasteiger partial charge on any atom is -0.299 e. The zero-order chi connectivity index (χ0) is 12.3. The topological polar surface area (TPSA) is 21.1 Å². The van der Waals surface area contributed by atoms with Crippen LogP contribution in [0.5, 0.6) is 0 Å². The quantitative estimate of drug-likeness (QED) is 0.762. The summed E-state index contributed by atoms with van der Waals surface area (Å²) in [6, 6.07) is 0. The summed E-state index contributed by atoms with van der Waals surface area (Å²) in [6.07, 6.45) is 0.863. The van der Waals surface area contributed by atoms with Gasteiger partial charge < -0.3 is 0 Å². The third-order valence-corrected chi connectivity index (χ3v) is 3.06. The van der Waals surface area contributed by atoms with E-state index in [9.17, 15) is 0 Å². The SMILES string of the molecule is CCc1nn(C)c(CN(C)CC(C)Cl)c1Cl. The normalized spacial score (nSPS) is 13.4. The van der Waals surface area contributed by atoms with E-state index in [-0.39, 0.29) is 5.38 Å². The van der Waals surface area contributed by atoms with Crippen molar-refractivity contribution in [3.05, 3.63) is 16.4 Å². The largest absolute Gasteiger partial charge is 0.299 e. The van der Waals surface area contributed by atoms with Crippen molar-refractivity contribution in [2.75, 3.05) is 13.6 Å². The molecule has 0 aliphatic heterocycles. The molecule has 3 nitrogen and oxygen atoms in total. The Hall–Kier alpha value is -0.250. The van der Waals surface area contributed by atoms with Crippen LogP contribution in [0.25, 0.3) is 0 Å². The standard InChI is InChI=1S/C11H19Cl2N3/c1-5-9-11(13)10(16(4)14-9)7-15(3)6-8(2)12/h8H,5-7H2,1-4H3. The van der Waals surface area contributed by atoms with E-state index in [1.54, 1.807) is 0 Å². The van der Waals surface area contributed by atoms with Crippen LogP contribution in [0.4, 0.5) is 0 Å². The summed E-state index contributed by atoms with van der Waals surface area (Å²) in [7, 11) is 3.96. The van der Waals surface area contributed by atoms with Crippen molar-refractivity contribution in [1.82, 2.24) is 14.7 Å². The fraction of sp³-hybridized carbons (Fsp3) is 0.727. The van der Waals surface area contributed by atoms with Crippen molar-refractivity contribution in [3.63, 3.8) is 0 Å². The minimum atomic E-state index is 0.141. The van der Waals surface area contributed by atoms with Gasteiger partial charge >= 0.3 is 0 Å². The smallest absolute Gasteiger partial charge is 0.0863 e. The highest BCUT2D eigenvalue weighted by atomic mass is 35.5. The van der Waals surface area contributed by atoms with E-state index in [0.29, 0.717) is 0 Å². The minimum absolute atomic E-state index is 0.141. The first-order chi connectivity index (χ1) is 7.45. The Morgan fingerprint density at radius 2 is 2.12 bits per heavy atom. The molecule has 0 saturated heterocycles. The fourth-order valence-corrected chi connectivity index (χ4v) is 2.33. The van der Waals surface area contributed by atoms with Crippen molar-refractivity contribution in [2.24, 2.45) is 7.05 Å². The Labute approximate surface area is 107 Å². The molecule has 0 aliphatic carbocycles. The molecule has 0 aliphatic rings. The molecule has 1 aromatic heterocycles. The van der Waals surface area contributed by atoms with Crippen LogP contribution < -0.4 is 0 Å². The number of aryl methyl sites for hydroxylation is 2. The van der Waals surface area contributed by atoms with Gasteiger partial charge in [-0.25, -0.2) is 0 Å². The molecule has 0 bridgehead atoms. The predicted octanol–water partition coefficient (Wildman–Crippen LogP) is 2.70. The highest BCUT2D eigenvalue weighted by molar-refractivity contribution is 6.31. The lowest BCUT2D eigenvalue weighted by Gasteiger charge is -2.18. The first-order valence-electron chi connectivity index (χ1n) is 5.48. The monoisotopic (exact) mass is 263 g/mol. The van der Waals surface area contributed by atoms with Crippen LogP contribution in [0.3, 0.4) is 0 Å². The Morgan fingerprint density at radius 1 is 1.50 bits per heavy atom. The molecular weight excluding hydrogens is 245 g/mol. The molecule has 92 valence electrons. The van der Waals surface area contributed by atoms with E-state index in [4.69, 9.17) is 23.2 Å². The maximum absolute atomic E-state index is 6.27. The van der Waals surface area contributed by atoms with Gasteiger partial charge in [0.2, 0.25) is 0 Å². The van der Waals surface area contributed by atoms with Gasteiger partial charge in [0.1, 0.15) is 0 Å². The van der Waals surface area contributed by atoms with Gasteiger partial charge in [-0.2, -0.15) is 5.10 Å². The second-order valence-electron chi connectivity index (χ2n) is 4.16. The molecule has 1 rings (SSSR count). The molecule has 0 aromatic carbocycles. The van der Waals surface area contributed by atoms with E-state index >= 15 is 0 Å². The summed E-state index contributed by atoms with van der Waals surface area (Å²) in [5.41, 5.74) is 2.02. The summed E-state index contributed by atoms with van der Waals surface area (Å²) in [4.78, 5) is 2.15. The summed E-state index contributed by atoms with van der Waals surface area (Å²) < 4.78 is 1.86. The summed E-state index contributed by atoms with van der Waals surface area (Å²) >= 11 is 12.2. The fourth-order valence-electron chi connectivity index (χ4n) is 1.74. The van der Waals surface area contributed by atoms with Crippen LogP contribution in [0.15, 0.2) is 0 Å². The number of alkyl halides is 1. The molecule has 0 spiro atoms. The predicted molar refractivity (Wildman–Crippen MR) is 69.2 cm³/mol. The number of hydrogen-bond donors (Lipinski definition) is 0. The third kappa shape index (κ3) is 3.37. The number of rotatable bonds is 5. The van der Waals surface area contributed by atoms with E-state index in [1.807, 2.05) is 25.7 Å². The van der Waals surface area contributed by atoms with Crippen molar-refractivity contribution in [3.8, 4) is 0 Å². The van der Waals surface area contributed by atoms with Gasteiger partial charge in [0, 0.05) is 25.5 Å². The first-order valence-corrected chi connectivity index (χ1v) is 6.30. The summed E-state index contributed by atoms with van der Waals surface area (Å²) in [5, 5.41) is 5.32.